The van der Waals surface area contributed by atoms with Crippen LogP contribution in [-0.2, 0) is 38.1 Å². The highest BCUT2D eigenvalue weighted by Crippen LogP contribution is 2.41. The second-order valence-corrected chi connectivity index (χ2v) is 17.2. The Morgan fingerprint density at radius 1 is 0.712 bits per heavy atom. The molecule has 66 heavy (non-hydrogen) atoms. The molecule has 0 amide bonds. The normalized spacial score (nSPS) is 25.8. The largest absolute Gasteiger partial charge is 0.505 e. The van der Waals surface area contributed by atoms with Crippen molar-refractivity contribution >= 4 is 23.5 Å². The van der Waals surface area contributed by atoms with Crippen LogP contribution in [0.2, 0.25) is 0 Å². The molecule has 4 aliphatic rings. The van der Waals surface area contributed by atoms with Crippen molar-refractivity contribution in [3.63, 3.8) is 0 Å². The number of ether oxygens (including phenoxy) is 4. The lowest BCUT2D eigenvalue weighted by Crippen LogP contribution is -2.40. The van der Waals surface area contributed by atoms with Gasteiger partial charge in [0.2, 0.25) is 11.5 Å². The number of hydrogen-bond donors (Lipinski definition) is 5. The van der Waals surface area contributed by atoms with Crippen LogP contribution in [0.15, 0.2) is 153 Å². The fraction of sp³-hybridized carbons (Fsp3) is 0.434. The molecule has 2 heterocycles. The van der Waals surface area contributed by atoms with Gasteiger partial charge in [0.05, 0.1) is 13.2 Å². The van der Waals surface area contributed by atoms with Crippen molar-refractivity contribution in [2.75, 3.05) is 13.2 Å². The van der Waals surface area contributed by atoms with Crippen molar-refractivity contribution in [1.82, 2.24) is 0 Å². The van der Waals surface area contributed by atoms with E-state index >= 15 is 0 Å². The summed E-state index contributed by atoms with van der Waals surface area (Å²) in [5.41, 5.74) is 6.65. The second kappa shape index (κ2) is 25.2. The highest BCUT2D eigenvalue weighted by molar-refractivity contribution is 6.01. The predicted molar refractivity (Wildman–Crippen MR) is 254 cm³/mol. The summed E-state index contributed by atoms with van der Waals surface area (Å²) in [5, 5.41) is 49.5. The molecule has 13 nitrogen and oxygen atoms in total. The SMILES string of the molecule is CC.CC1=C(/C=C/C(C)=C/C=C/C(C)=C/C=C/C=C(C)/C=C/C=C(C)/C=C/C2=C(C)C(=O)C(OCC(O)C3C=C(O)C(=O)O3)CC2(C)C)C(C)CC(OCC(O)C2OC(=O)C(O)=C2O)C1=O. The minimum absolute atomic E-state index is 0.0111. The first kappa shape index (κ1) is 54.5. The molecule has 2 aliphatic carbocycles. The van der Waals surface area contributed by atoms with Gasteiger partial charge in [0.25, 0.3) is 0 Å². The molecule has 5 N–H and O–H groups in total. The predicted octanol–water partition coefficient (Wildman–Crippen LogP) is 8.93. The van der Waals surface area contributed by atoms with Crippen LogP contribution in [0, 0.1) is 11.3 Å². The smallest absolute Gasteiger partial charge is 0.377 e. The molecule has 0 bridgehead atoms. The summed E-state index contributed by atoms with van der Waals surface area (Å²) in [4.78, 5) is 49.2. The average Bonchev–Trinajstić information content (AvgIpc) is 3.75. The van der Waals surface area contributed by atoms with Crippen LogP contribution in [0.1, 0.15) is 89.0 Å². The van der Waals surface area contributed by atoms with Crippen molar-refractivity contribution in [3.05, 3.63) is 153 Å². The summed E-state index contributed by atoms with van der Waals surface area (Å²) in [6, 6.07) is 0. The van der Waals surface area contributed by atoms with E-state index < -0.39 is 65.8 Å². The van der Waals surface area contributed by atoms with Crippen molar-refractivity contribution in [3.8, 4) is 0 Å². The second-order valence-electron chi connectivity index (χ2n) is 17.2. The molecule has 0 saturated heterocycles. The van der Waals surface area contributed by atoms with E-state index in [0.29, 0.717) is 24.0 Å². The van der Waals surface area contributed by atoms with Gasteiger partial charge in [-0.1, -0.05) is 142 Å². The van der Waals surface area contributed by atoms with E-state index in [2.05, 4.69) is 0 Å². The number of allylic oxidation sites excluding steroid dienone is 20. The third-order valence-electron chi connectivity index (χ3n) is 11.4. The molecular formula is C53H68O13. The standard InChI is InChI=1S/C51H62O13.C2H6/c1-29(16-12-18-31(3)20-22-36-33(5)24-42(44(55)34(36)6)61-28-40(54)48-46(57)47(58)50(60)64-48)14-10-11-15-30(2)17-13-19-32(4)21-23-37-35(7)45(56)43(26-51(37,8)9)62-27-39(53)41-25-38(52)49(59)63-41;1-2/h10-23,25,33,39-43,48,52-54,57-58H,24,26-28H2,1-9H3;1-2H3/b11-10+,16-12+,17-13+,22-20+,23-21+,29-14+,30-15+,31-18+,32-19+;. The van der Waals surface area contributed by atoms with Crippen LogP contribution in [0.3, 0.4) is 0 Å². The van der Waals surface area contributed by atoms with E-state index in [-0.39, 0.29) is 36.1 Å². The number of aliphatic hydroxyl groups excluding tert-OH is 5. The van der Waals surface area contributed by atoms with Crippen LogP contribution in [-0.4, -0.2) is 98.9 Å². The first-order chi connectivity index (χ1) is 31.1. The third kappa shape index (κ3) is 15.1. The molecule has 0 aromatic heterocycles. The fourth-order valence-electron chi connectivity index (χ4n) is 7.52. The van der Waals surface area contributed by atoms with Gasteiger partial charge in [0.15, 0.2) is 29.5 Å². The summed E-state index contributed by atoms with van der Waals surface area (Å²) in [6.07, 6.45) is 22.9. The molecule has 0 aromatic rings. The molecular weight excluding hydrogens is 845 g/mol. The van der Waals surface area contributed by atoms with Crippen LogP contribution in [0.5, 0.6) is 0 Å². The molecule has 0 aromatic carbocycles. The lowest BCUT2D eigenvalue weighted by atomic mass is 9.71. The van der Waals surface area contributed by atoms with Crippen molar-refractivity contribution in [2.45, 2.75) is 126 Å². The van der Waals surface area contributed by atoms with Gasteiger partial charge >= 0.3 is 11.9 Å². The quantitative estimate of drug-likeness (QED) is 0.0644. The summed E-state index contributed by atoms with van der Waals surface area (Å²) >= 11 is 0. The highest BCUT2D eigenvalue weighted by Gasteiger charge is 2.41. The molecule has 0 radical (unpaired) electrons. The van der Waals surface area contributed by atoms with Crippen molar-refractivity contribution < 1.29 is 63.7 Å². The maximum atomic E-state index is 13.2. The van der Waals surface area contributed by atoms with Gasteiger partial charge in [-0.2, -0.15) is 0 Å². The van der Waals surface area contributed by atoms with Gasteiger partial charge in [-0.3, -0.25) is 9.59 Å². The molecule has 358 valence electrons. The molecule has 7 atom stereocenters. The number of carbonyl (C=O) groups excluding carboxylic acids is 4. The minimum atomic E-state index is -1.46. The van der Waals surface area contributed by atoms with Gasteiger partial charge in [-0.15, -0.1) is 0 Å². The molecule has 4 rings (SSSR count). The zero-order chi connectivity index (χ0) is 49.5. The Balaban J connectivity index is 0.00000570. The molecule has 2 aliphatic heterocycles. The topological polar surface area (TPSA) is 206 Å². The number of rotatable bonds is 18. The van der Waals surface area contributed by atoms with Crippen LogP contribution < -0.4 is 0 Å². The van der Waals surface area contributed by atoms with Crippen molar-refractivity contribution in [1.29, 1.82) is 0 Å². The van der Waals surface area contributed by atoms with Crippen LogP contribution >= 0.6 is 0 Å². The number of aliphatic hydroxyl groups is 5. The van der Waals surface area contributed by atoms with E-state index in [9.17, 15) is 44.7 Å². The average molecular weight is 913 g/mol. The lowest BCUT2D eigenvalue weighted by Gasteiger charge is -2.37. The number of Topliss-reactive ketones (excluding diaryl/α,β-unsaturated/α-hetero) is 2. The maximum Gasteiger partial charge on any atom is 0.377 e. The van der Waals surface area contributed by atoms with Gasteiger partial charge in [0, 0.05) is 6.08 Å². The van der Waals surface area contributed by atoms with Gasteiger partial charge < -0.3 is 44.5 Å². The van der Waals surface area contributed by atoms with E-state index in [4.69, 9.17) is 18.9 Å². The molecule has 13 heteroatoms. The molecule has 0 saturated carbocycles. The molecule has 0 fully saturated rings. The summed E-state index contributed by atoms with van der Waals surface area (Å²) in [7, 11) is 0. The Labute approximate surface area is 389 Å². The summed E-state index contributed by atoms with van der Waals surface area (Å²) in [6.45, 7) is 20.9. The lowest BCUT2D eigenvalue weighted by molar-refractivity contribution is -0.151. The van der Waals surface area contributed by atoms with E-state index in [1.807, 2.05) is 147 Å². The van der Waals surface area contributed by atoms with Gasteiger partial charge in [0.1, 0.15) is 24.4 Å². The maximum absolute atomic E-state index is 13.2. The Morgan fingerprint density at radius 2 is 1.21 bits per heavy atom. The van der Waals surface area contributed by atoms with Crippen LogP contribution in [0.25, 0.3) is 0 Å². The van der Waals surface area contributed by atoms with Gasteiger partial charge in [-0.25, -0.2) is 9.59 Å². The first-order valence-corrected chi connectivity index (χ1v) is 22.2. The van der Waals surface area contributed by atoms with E-state index in [0.717, 1.165) is 39.5 Å². The number of carbonyl (C=O) groups is 4. The van der Waals surface area contributed by atoms with Gasteiger partial charge in [-0.05, 0) is 88.0 Å². The fourth-order valence-corrected chi connectivity index (χ4v) is 7.52. The van der Waals surface area contributed by atoms with E-state index in [1.165, 1.54) is 0 Å². The number of esters is 2. The third-order valence-corrected chi connectivity index (χ3v) is 11.4. The monoisotopic (exact) mass is 912 g/mol. The molecule has 7 unspecified atom stereocenters. The summed E-state index contributed by atoms with van der Waals surface area (Å²) < 4.78 is 21.1. The Morgan fingerprint density at radius 3 is 1.74 bits per heavy atom. The Hall–Kier alpha value is -5.86. The number of hydrogen-bond acceptors (Lipinski definition) is 13. The highest BCUT2D eigenvalue weighted by atomic mass is 16.6. The summed E-state index contributed by atoms with van der Waals surface area (Å²) in [5.74, 6) is -4.70. The Kier molecular flexibility index (Phi) is 20.8. The van der Waals surface area contributed by atoms with E-state index in [1.54, 1.807) is 13.8 Å². The zero-order valence-corrected chi connectivity index (χ0v) is 40.0. The van der Waals surface area contributed by atoms with Crippen molar-refractivity contribution in [2.24, 2.45) is 11.3 Å². The number of ketones is 2. The number of cyclic esters (lactones) is 2. The minimum Gasteiger partial charge on any atom is -0.505 e. The molecule has 0 spiro atoms. The zero-order valence-electron chi connectivity index (χ0n) is 40.0. The van der Waals surface area contributed by atoms with Crippen LogP contribution in [0.4, 0.5) is 0 Å². The Bertz CT molecular complexity index is 2240. The first-order valence-electron chi connectivity index (χ1n) is 22.2.